The molecule has 0 spiro atoms. The monoisotopic (exact) mass is 473 g/mol. The molecule has 11 heteroatoms. The fraction of sp³-hybridized carbons (Fsp3) is 0.318. The van der Waals surface area contributed by atoms with Gasteiger partial charge in [-0.05, 0) is 30.7 Å². The SMILES string of the molecule is O=C(COC(=O)CCCN=C1NS(=O)(=O)c2ccccc21)NC[C@@H]1COc2ccccc2O1. The van der Waals surface area contributed by atoms with Gasteiger partial charge in [0.1, 0.15) is 18.5 Å². The lowest BCUT2D eigenvalue weighted by atomic mass is 10.2. The van der Waals surface area contributed by atoms with Crippen LogP contribution in [-0.4, -0.2) is 58.5 Å². The fourth-order valence-corrected chi connectivity index (χ4v) is 4.58. The molecule has 2 aromatic carbocycles. The molecule has 2 aromatic rings. The summed E-state index contributed by atoms with van der Waals surface area (Å²) in [6.07, 6.45) is 0.0618. The van der Waals surface area contributed by atoms with E-state index in [1.807, 2.05) is 12.1 Å². The Balaban J connectivity index is 1.14. The average molecular weight is 474 g/mol. The largest absolute Gasteiger partial charge is 0.486 e. The third-order valence-electron chi connectivity index (χ3n) is 4.93. The maximum absolute atomic E-state index is 12.0. The zero-order valence-electron chi connectivity index (χ0n) is 17.7. The molecule has 2 heterocycles. The Kier molecular flexibility index (Phi) is 6.78. The van der Waals surface area contributed by atoms with Crippen LogP contribution in [0, 0.1) is 0 Å². The first-order valence-electron chi connectivity index (χ1n) is 10.4. The third-order valence-corrected chi connectivity index (χ3v) is 6.33. The van der Waals surface area contributed by atoms with Crippen molar-refractivity contribution >= 4 is 27.7 Å². The van der Waals surface area contributed by atoms with Gasteiger partial charge in [0, 0.05) is 18.5 Å². The fourth-order valence-electron chi connectivity index (χ4n) is 3.33. The van der Waals surface area contributed by atoms with Crippen LogP contribution in [0.3, 0.4) is 0 Å². The molecular formula is C22H23N3O7S. The van der Waals surface area contributed by atoms with E-state index < -0.39 is 28.5 Å². The van der Waals surface area contributed by atoms with Crippen molar-refractivity contribution in [2.24, 2.45) is 4.99 Å². The van der Waals surface area contributed by atoms with Gasteiger partial charge >= 0.3 is 5.97 Å². The minimum Gasteiger partial charge on any atom is -0.486 e. The van der Waals surface area contributed by atoms with Crippen LogP contribution in [0.1, 0.15) is 18.4 Å². The number of fused-ring (bicyclic) bond motifs is 2. The highest BCUT2D eigenvalue weighted by molar-refractivity contribution is 7.90. The zero-order chi connectivity index (χ0) is 23.3. The van der Waals surface area contributed by atoms with Gasteiger partial charge in [0.05, 0.1) is 11.4 Å². The number of carbonyl (C=O) groups is 2. The molecule has 0 fully saturated rings. The highest BCUT2D eigenvalue weighted by atomic mass is 32.2. The number of aliphatic imine (C=N–C) groups is 1. The number of rotatable bonds is 8. The lowest BCUT2D eigenvalue weighted by Crippen LogP contribution is -2.42. The van der Waals surface area contributed by atoms with Gasteiger partial charge in [-0.3, -0.25) is 19.3 Å². The second kappa shape index (κ2) is 9.90. The van der Waals surface area contributed by atoms with E-state index >= 15 is 0 Å². The molecule has 1 amide bonds. The molecule has 4 rings (SSSR count). The van der Waals surface area contributed by atoms with Crippen LogP contribution in [-0.2, 0) is 24.3 Å². The second-order valence-electron chi connectivity index (χ2n) is 7.40. The standard InChI is InChI=1S/C22H23N3O7S/c26-20(24-12-15-13-30-17-7-2-3-8-18(17)32-15)14-31-21(27)10-5-11-23-22-16-6-1-4-9-19(16)33(28,29)25-22/h1-4,6-9,15H,5,10-14H2,(H,23,25)(H,24,26)/t15-/m1/s1. The first kappa shape index (κ1) is 22.6. The summed E-state index contributed by atoms with van der Waals surface area (Å²) in [6, 6.07) is 13.8. The predicted molar refractivity (Wildman–Crippen MR) is 118 cm³/mol. The number of nitrogens with zero attached hydrogens (tertiary/aromatic N) is 1. The van der Waals surface area contributed by atoms with Gasteiger partial charge in [0.2, 0.25) is 0 Å². The Morgan fingerprint density at radius 3 is 2.73 bits per heavy atom. The highest BCUT2D eigenvalue weighted by Gasteiger charge is 2.29. The Morgan fingerprint density at radius 1 is 1.12 bits per heavy atom. The number of hydrogen-bond acceptors (Lipinski definition) is 8. The normalized spacial score (nSPS) is 18.8. The molecule has 10 nitrogen and oxygen atoms in total. The predicted octanol–water partition coefficient (Wildman–Crippen LogP) is 1.00. The van der Waals surface area contributed by atoms with E-state index in [4.69, 9.17) is 14.2 Å². The van der Waals surface area contributed by atoms with Crippen LogP contribution in [0.25, 0.3) is 0 Å². The van der Waals surface area contributed by atoms with Crippen molar-refractivity contribution in [3.05, 3.63) is 54.1 Å². The number of carbonyl (C=O) groups excluding carboxylic acids is 2. The summed E-state index contributed by atoms with van der Waals surface area (Å²) in [6.45, 7) is 0.360. The van der Waals surface area contributed by atoms with Crippen molar-refractivity contribution in [3.8, 4) is 11.5 Å². The Bertz CT molecular complexity index is 1180. The maximum Gasteiger partial charge on any atom is 0.306 e. The number of para-hydroxylation sites is 2. The molecular weight excluding hydrogens is 450 g/mol. The van der Waals surface area contributed by atoms with Crippen molar-refractivity contribution in [2.45, 2.75) is 23.8 Å². The summed E-state index contributed by atoms with van der Waals surface area (Å²) in [7, 11) is -3.59. The Hall–Kier alpha value is -3.60. The number of benzene rings is 2. The second-order valence-corrected chi connectivity index (χ2v) is 9.05. The van der Waals surface area contributed by atoms with E-state index in [9.17, 15) is 18.0 Å². The number of hydrogen-bond donors (Lipinski definition) is 2. The summed E-state index contributed by atoms with van der Waals surface area (Å²) in [5.41, 5.74) is 0.507. The van der Waals surface area contributed by atoms with E-state index in [0.29, 0.717) is 30.1 Å². The Morgan fingerprint density at radius 2 is 1.88 bits per heavy atom. The van der Waals surface area contributed by atoms with Crippen molar-refractivity contribution < 1.29 is 32.2 Å². The first-order chi connectivity index (χ1) is 15.9. The highest BCUT2D eigenvalue weighted by Crippen LogP contribution is 2.30. The molecule has 0 bridgehead atoms. The van der Waals surface area contributed by atoms with Crippen molar-refractivity contribution in [1.29, 1.82) is 0 Å². The van der Waals surface area contributed by atoms with E-state index in [1.165, 1.54) is 6.07 Å². The summed E-state index contributed by atoms with van der Waals surface area (Å²) in [5.74, 6) is 0.558. The molecule has 0 radical (unpaired) electrons. The summed E-state index contributed by atoms with van der Waals surface area (Å²) < 4.78 is 42.8. The minimum atomic E-state index is -3.59. The van der Waals surface area contributed by atoms with Crippen molar-refractivity contribution in [1.82, 2.24) is 10.0 Å². The minimum absolute atomic E-state index is 0.0504. The van der Waals surface area contributed by atoms with Crippen molar-refractivity contribution in [2.75, 3.05) is 26.3 Å². The van der Waals surface area contributed by atoms with Crippen LogP contribution in [0.2, 0.25) is 0 Å². The summed E-state index contributed by atoms with van der Waals surface area (Å²) >= 11 is 0. The molecule has 0 aliphatic carbocycles. The molecule has 2 aliphatic rings. The molecule has 174 valence electrons. The topological polar surface area (TPSA) is 132 Å². The number of amidine groups is 1. The number of nitrogens with one attached hydrogen (secondary N) is 2. The molecule has 33 heavy (non-hydrogen) atoms. The van der Waals surface area contributed by atoms with Crippen LogP contribution < -0.4 is 19.5 Å². The molecule has 2 aliphatic heterocycles. The molecule has 0 aromatic heterocycles. The molecule has 1 atom stereocenters. The summed E-state index contributed by atoms with van der Waals surface area (Å²) in [5, 5.41) is 2.65. The van der Waals surface area contributed by atoms with Crippen molar-refractivity contribution in [3.63, 3.8) is 0 Å². The third kappa shape index (κ3) is 5.61. The average Bonchev–Trinajstić information content (AvgIpc) is 3.09. The van der Waals surface area contributed by atoms with E-state index in [0.717, 1.165) is 0 Å². The van der Waals surface area contributed by atoms with Gasteiger partial charge in [-0.1, -0.05) is 24.3 Å². The van der Waals surface area contributed by atoms with Gasteiger partial charge in [0.15, 0.2) is 18.1 Å². The number of esters is 1. The van der Waals surface area contributed by atoms with Gasteiger partial charge in [-0.25, -0.2) is 8.42 Å². The smallest absolute Gasteiger partial charge is 0.306 e. The van der Waals surface area contributed by atoms with E-state index in [1.54, 1.807) is 30.3 Å². The number of sulfonamides is 1. The van der Waals surface area contributed by atoms with Gasteiger partial charge in [-0.15, -0.1) is 0 Å². The molecule has 0 unspecified atom stereocenters. The van der Waals surface area contributed by atoms with Gasteiger partial charge < -0.3 is 19.5 Å². The first-order valence-corrected chi connectivity index (χ1v) is 11.9. The quantitative estimate of drug-likeness (QED) is 0.432. The maximum atomic E-state index is 12.0. The lowest BCUT2D eigenvalue weighted by Gasteiger charge is -2.26. The zero-order valence-corrected chi connectivity index (χ0v) is 18.5. The van der Waals surface area contributed by atoms with Gasteiger partial charge in [0.25, 0.3) is 15.9 Å². The molecule has 2 N–H and O–H groups in total. The number of amides is 1. The summed E-state index contributed by atoms with van der Waals surface area (Å²) in [4.78, 5) is 28.2. The van der Waals surface area contributed by atoms with Crippen LogP contribution >= 0.6 is 0 Å². The van der Waals surface area contributed by atoms with Gasteiger partial charge in [-0.2, -0.15) is 0 Å². The van der Waals surface area contributed by atoms with E-state index in [-0.39, 0.29) is 36.3 Å². The number of ether oxygens (including phenoxy) is 3. The van der Waals surface area contributed by atoms with Crippen LogP contribution in [0.4, 0.5) is 0 Å². The Labute approximate surface area is 191 Å². The van der Waals surface area contributed by atoms with E-state index in [2.05, 4.69) is 15.0 Å². The molecule has 0 saturated carbocycles. The van der Waals surface area contributed by atoms with Crippen LogP contribution in [0.5, 0.6) is 11.5 Å². The van der Waals surface area contributed by atoms with Crippen LogP contribution in [0.15, 0.2) is 58.4 Å². The lowest BCUT2D eigenvalue weighted by molar-refractivity contribution is -0.148. The molecule has 0 saturated heterocycles.